The van der Waals surface area contributed by atoms with Crippen LogP contribution >= 0.6 is 0 Å². The Bertz CT molecular complexity index is 655. The lowest BCUT2D eigenvalue weighted by atomic mass is 10.0. The maximum Gasteiger partial charge on any atom is 0.258 e. The predicted molar refractivity (Wildman–Crippen MR) is 115 cm³/mol. The Balaban J connectivity index is 2.41. The highest BCUT2D eigenvalue weighted by molar-refractivity contribution is 5.98. The lowest BCUT2D eigenvalue weighted by Gasteiger charge is -2.34. The molecule has 0 radical (unpaired) electrons. The summed E-state index contributed by atoms with van der Waals surface area (Å²) in [6.07, 6.45) is 2.80. The minimum absolute atomic E-state index is 0.0156. The third-order valence-corrected chi connectivity index (χ3v) is 5.48. The van der Waals surface area contributed by atoms with Crippen molar-refractivity contribution in [2.24, 2.45) is 5.92 Å². The minimum atomic E-state index is -0.334. The third kappa shape index (κ3) is 6.59. The van der Waals surface area contributed by atoms with Crippen LogP contribution in [0.25, 0.3) is 0 Å². The molecule has 1 aromatic rings. The van der Waals surface area contributed by atoms with Crippen LogP contribution in [0.4, 0.5) is 5.69 Å². The first-order valence-corrected chi connectivity index (χ1v) is 10.6. The molecule has 1 aromatic carbocycles. The van der Waals surface area contributed by atoms with Crippen molar-refractivity contribution >= 4 is 11.6 Å². The summed E-state index contributed by atoms with van der Waals surface area (Å²) in [5.74, 6) is 0.445. The molecule has 0 fully saturated rings. The van der Waals surface area contributed by atoms with Crippen LogP contribution in [0, 0.1) is 5.92 Å². The number of hydrogen-bond acceptors (Lipinski definition) is 6. The number of likely N-dealkylation sites (N-methyl/N-ethyl adjacent to an activating group) is 1. The van der Waals surface area contributed by atoms with Gasteiger partial charge >= 0.3 is 0 Å². The van der Waals surface area contributed by atoms with Gasteiger partial charge in [0.25, 0.3) is 5.91 Å². The number of rotatable bonds is 4. The molecular formula is C22H37N3O4. The summed E-state index contributed by atoms with van der Waals surface area (Å²) in [5, 5.41) is 13.0. The van der Waals surface area contributed by atoms with E-state index in [0.717, 1.165) is 19.3 Å². The molecule has 1 aliphatic heterocycles. The number of nitrogens with two attached hydrogens (primary N) is 1. The number of nitrogen functional groups attached to an aromatic ring is 1. The fraction of sp³-hybridized carbons (Fsp3) is 0.682. The van der Waals surface area contributed by atoms with Crippen molar-refractivity contribution in [2.45, 2.75) is 58.3 Å². The zero-order chi connectivity index (χ0) is 21.4. The fourth-order valence-corrected chi connectivity index (χ4v) is 3.63. The number of nitrogens with zero attached hydrogens (tertiary/aromatic N) is 1. The quantitative estimate of drug-likeness (QED) is 0.663. The van der Waals surface area contributed by atoms with E-state index in [2.05, 4.69) is 12.2 Å². The molecule has 4 atom stereocenters. The van der Waals surface area contributed by atoms with Gasteiger partial charge in [-0.25, -0.2) is 0 Å². The van der Waals surface area contributed by atoms with Crippen LogP contribution in [-0.4, -0.2) is 67.5 Å². The van der Waals surface area contributed by atoms with E-state index in [1.54, 1.807) is 23.1 Å². The molecular weight excluding hydrogens is 370 g/mol. The second-order valence-corrected chi connectivity index (χ2v) is 8.11. The Morgan fingerprint density at radius 1 is 1.34 bits per heavy atom. The normalized spacial score (nSPS) is 25.6. The van der Waals surface area contributed by atoms with Crippen molar-refractivity contribution in [3.05, 3.63) is 23.8 Å². The Hall–Kier alpha value is -1.83. The van der Waals surface area contributed by atoms with Crippen molar-refractivity contribution in [1.29, 1.82) is 0 Å². The first-order valence-electron chi connectivity index (χ1n) is 10.6. The Kier molecular flexibility index (Phi) is 9.20. The van der Waals surface area contributed by atoms with Crippen LogP contribution in [0.3, 0.4) is 0 Å². The van der Waals surface area contributed by atoms with Crippen molar-refractivity contribution in [3.8, 4) is 5.75 Å². The number of anilines is 1. The zero-order valence-electron chi connectivity index (χ0n) is 18.2. The molecule has 1 aliphatic rings. The van der Waals surface area contributed by atoms with Crippen molar-refractivity contribution in [1.82, 2.24) is 10.2 Å². The number of aliphatic hydroxyl groups excluding tert-OH is 1. The highest BCUT2D eigenvalue weighted by atomic mass is 16.5. The van der Waals surface area contributed by atoms with Gasteiger partial charge in [0.05, 0.1) is 30.4 Å². The number of hydrogen-bond donors (Lipinski definition) is 3. The maximum absolute atomic E-state index is 13.5. The van der Waals surface area contributed by atoms with E-state index in [9.17, 15) is 9.90 Å². The second-order valence-electron chi connectivity index (χ2n) is 8.11. The number of amides is 1. The molecule has 0 spiro atoms. The zero-order valence-corrected chi connectivity index (χ0v) is 18.2. The van der Waals surface area contributed by atoms with Gasteiger partial charge in [0.2, 0.25) is 0 Å². The molecule has 1 amide bonds. The summed E-state index contributed by atoms with van der Waals surface area (Å²) < 4.78 is 12.2. The molecule has 29 heavy (non-hydrogen) atoms. The average Bonchev–Trinajstić information content (AvgIpc) is 2.70. The summed E-state index contributed by atoms with van der Waals surface area (Å²) in [6, 6.07) is 4.85. The molecule has 0 aromatic heterocycles. The van der Waals surface area contributed by atoms with Crippen LogP contribution in [0.15, 0.2) is 18.2 Å². The van der Waals surface area contributed by atoms with Crippen LogP contribution < -0.4 is 15.8 Å². The maximum atomic E-state index is 13.5. The van der Waals surface area contributed by atoms with Crippen LogP contribution in [0.1, 0.15) is 50.4 Å². The first-order chi connectivity index (χ1) is 13.9. The number of carbonyl (C=O) groups excluding carboxylic acids is 1. The standard InChI is InChI=1S/C22H37N3O4/c1-15-13-25(16(2)14-26)22(27)19-11-18(23)8-9-20(19)29-17(3)7-5-6-10-28-21(15)12-24-4/h8-9,11,15-17,21,24,26H,5-7,10,12-14,23H2,1-4H3/t15-,16-,17-,21+/m0/s1. The molecule has 7 nitrogen and oxygen atoms in total. The molecule has 0 saturated heterocycles. The van der Waals surface area contributed by atoms with Gasteiger partial charge in [-0.05, 0) is 58.4 Å². The number of carbonyl (C=O) groups is 1. The van der Waals surface area contributed by atoms with Gasteiger partial charge in [-0.2, -0.15) is 0 Å². The molecule has 0 bridgehead atoms. The predicted octanol–water partition coefficient (Wildman–Crippen LogP) is 2.28. The monoisotopic (exact) mass is 407 g/mol. The van der Waals surface area contributed by atoms with Crippen molar-refractivity contribution in [2.75, 3.05) is 39.1 Å². The van der Waals surface area contributed by atoms with Gasteiger partial charge in [0.15, 0.2) is 0 Å². The molecule has 0 aliphatic carbocycles. The van der Waals surface area contributed by atoms with Crippen LogP contribution in [-0.2, 0) is 4.74 Å². The second kappa shape index (κ2) is 11.4. The summed E-state index contributed by atoms with van der Waals surface area (Å²) >= 11 is 0. The highest BCUT2D eigenvalue weighted by Gasteiger charge is 2.29. The van der Waals surface area contributed by atoms with Gasteiger partial charge in [-0.3, -0.25) is 4.79 Å². The third-order valence-electron chi connectivity index (χ3n) is 5.48. The van der Waals surface area contributed by atoms with Crippen LogP contribution in [0.5, 0.6) is 5.75 Å². The first kappa shape index (κ1) is 23.4. The van der Waals surface area contributed by atoms with Crippen LogP contribution in [0.2, 0.25) is 0 Å². The number of ether oxygens (including phenoxy) is 2. The fourth-order valence-electron chi connectivity index (χ4n) is 3.63. The summed E-state index contributed by atoms with van der Waals surface area (Å²) in [6.45, 7) is 7.67. The van der Waals surface area contributed by atoms with Gasteiger partial charge in [-0.15, -0.1) is 0 Å². The van der Waals surface area contributed by atoms with Gasteiger partial charge in [0, 0.05) is 31.3 Å². The van der Waals surface area contributed by atoms with Crippen molar-refractivity contribution < 1.29 is 19.4 Å². The Morgan fingerprint density at radius 2 is 2.10 bits per heavy atom. The number of nitrogens with one attached hydrogen (secondary N) is 1. The molecule has 7 heteroatoms. The Morgan fingerprint density at radius 3 is 2.79 bits per heavy atom. The van der Waals surface area contributed by atoms with E-state index in [-0.39, 0.29) is 36.7 Å². The number of benzene rings is 1. The van der Waals surface area contributed by atoms with Crippen molar-refractivity contribution in [3.63, 3.8) is 0 Å². The highest BCUT2D eigenvalue weighted by Crippen LogP contribution is 2.27. The lowest BCUT2D eigenvalue weighted by Crippen LogP contribution is -2.47. The molecule has 4 N–H and O–H groups in total. The molecule has 2 rings (SSSR count). The molecule has 164 valence electrons. The summed E-state index contributed by atoms with van der Waals surface area (Å²) in [5.41, 5.74) is 6.93. The van der Waals surface area contributed by atoms with E-state index >= 15 is 0 Å². The smallest absolute Gasteiger partial charge is 0.258 e. The SMILES string of the molecule is CNC[C@H]1OCCCC[C@H](C)Oc2ccc(N)cc2C(=O)N([C@@H](C)CO)C[C@@H]1C. The largest absolute Gasteiger partial charge is 0.490 e. The van der Waals surface area contributed by atoms with Gasteiger partial charge < -0.3 is 30.5 Å². The van der Waals surface area contributed by atoms with E-state index in [1.807, 2.05) is 20.9 Å². The number of aliphatic hydroxyl groups is 1. The minimum Gasteiger partial charge on any atom is -0.490 e. The van der Waals surface area contributed by atoms with E-state index < -0.39 is 0 Å². The molecule has 0 saturated carbocycles. The molecule has 1 heterocycles. The average molecular weight is 408 g/mol. The Labute approximate surface area is 174 Å². The molecule has 0 unspecified atom stereocenters. The van der Waals surface area contributed by atoms with E-state index in [0.29, 0.717) is 36.7 Å². The lowest BCUT2D eigenvalue weighted by molar-refractivity contribution is -0.000449. The number of fused-ring (bicyclic) bond motifs is 1. The van der Waals surface area contributed by atoms with Gasteiger partial charge in [-0.1, -0.05) is 6.92 Å². The summed E-state index contributed by atoms with van der Waals surface area (Å²) in [7, 11) is 1.90. The van der Waals surface area contributed by atoms with E-state index in [1.165, 1.54) is 0 Å². The topological polar surface area (TPSA) is 97.0 Å². The van der Waals surface area contributed by atoms with Gasteiger partial charge in [0.1, 0.15) is 5.75 Å². The summed E-state index contributed by atoms with van der Waals surface area (Å²) in [4.78, 5) is 15.2. The van der Waals surface area contributed by atoms with E-state index in [4.69, 9.17) is 15.2 Å².